The van der Waals surface area contributed by atoms with E-state index in [0.29, 0.717) is 16.5 Å². The Morgan fingerprint density at radius 2 is 1.73 bits per heavy atom. The van der Waals surface area contributed by atoms with Gasteiger partial charge in [0, 0.05) is 7.05 Å². The number of benzene rings is 2. The number of likely N-dealkylation sites (N-methyl/N-ethyl adjacent to an activating group) is 1. The number of halogens is 3. The van der Waals surface area contributed by atoms with Crippen LogP contribution in [0.4, 0.5) is 23.7 Å². The highest BCUT2D eigenvalue weighted by molar-refractivity contribution is 6.21. The number of anilines is 1. The number of rotatable bonds is 2. The molecule has 5 nitrogen and oxygen atoms in total. The van der Waals surface area contributed by atoms with E-state index >= 15 is 0 Å². The Morgan fingerprint density at radius 3 is 2.31 bits per heavy atom. The van der Waals surface area contributed by atoms with E-state index in [1.165, 1.54) is 18.0 Å². The number of hydrogen-bond acceptors (Lipinski definition) is 3. The van der Waals surface area contributed by atoms with Gasteiger partial charge in [-0.3, -0.25) is 4.79 Å². The van der Waals surface area contributed by atoms with Crippen LogP contribution in [0.5, 0.6) is 0 Å². The summed E-state index contributed by atoms with van der Waals surface area (Å²) >= 11 is 0. The lowest BCUT2D eigenvalue weighted by Gasteiger charge is -2.16. The van der Waals surface area contributed by atoms with Crippen LogP contribution in [0.15, 0.2) is 48.5 Å². The van der Waals surface area contributed by atoms with E-state index in [0.717, 1.165) is 12.1 Å². The Hall–Kier alpha value is -3.34. The number of urea groups is 1. The summed E-state index contributed by atoms with van der Waals surface area (Å²) in [5.74, 6) is -0.651. The maximum absolute atomic E-state index is 13.2. The van der Waals surface area contributed by atoms with Crippen LogP contribution in [0.3, 0.4) is 0 Å². The van der Waals surface area contributed by atoms with Gasteiger partial charge in [0.15, 0.2) is 0 Å². The molecule has 0 N–H and O–H groups in total. The zero-order valence-electron chi connectivity index (χ0n) is 13.5. The van der Waals surface area contributed by atoms with Crippen LogP contribution in [-0.2, 0) is 11.0 Å². The van der Waals surface area contributed by atoms with Crippen molar-refractivity contribution in [2.75, 3.05) is 11.9 Å². The molecule has 0 radical (unpaired) electrons. The van der Waals surface area contributed by atoms with E-state index in [4.69, 9.17) is 5.26 Å². The van der Waals surface area contributed by atoms with Gasteiger partial charge in [-0.1, -0.05) is 30.3 Å². The largest absolute Gasteiger partial charge is 0.417 e. The van der Waals surface area contributed by atoms with Crippen LogP contribution >= 0.6 is 0 Å². The molecule has 132 valence electrons. The van der Waals surface area contributed by atoms with Gasteiger partial charge >= 0.3 is 12.2 Å². The normalized spacial score (nSPS) is 17.6. The summed E-state index contributed by atoms with van der Waals surface area (Å²) in [7, 11) is 1.41. The summed E-state index contributed by atoms with van der Waals surface area (Å²) in [6.07, 6.45) is -4.78. The molecule has 0 aromatic heterocycles. The standard InChI is InChI=1S/C18H12F3N3O2/c1-23-15(11-5-3-2-4-6-11)16(25)24(17(23)26)13-8-7-12(10-22)14(9-13)18(19,20)21/h2-9,15H,1H3/t15-/m1/s1. The number of imide groups is 1. The van der Waals surface area contributed by atoms with Crippen LogP contribution < -0.4 is 4.90 Å². The van der Waals surface area contributed by atoms with Crippen LogP contribution in [0.25, 0.3) is 0 Å². The van der Waals surface area contributed by atoms with E-state index in [-0.39, 0.29) is 5.69 Å². The second kappa shape index (κ2) is 6.19. The first kappa shape index (κ1) is 17.5. The molecule has 1 heterocycles. The van der Waals surface area contributed by atoms with Gasteiger partial charge in [0.2, 0.25) is 0 Å². The predicted octanol–water partition coefficient (Wildman–Crippen LogP) is 3.72. The minimum Gasteiger partial charge on any atom is -0.311 e. The molecule has 1 aliphatic heterocycles. The van der Waals surface area contributed by atoms with E-state index in [2.05, 4.69) is 0 Å². The van der Waals surface area contributed by atoms with Crippen molar-refractivity contribution in [2.45, 2.75) is 12.2 Å². The fraction of sp³-hybridized carbons (Fsp3) is 0.167. The van der Waals surface area contributed by atoms with Crippen molar-refractivity contribution in [3.05, 3.63) is 65.2 Å². The summed E-state index contributed by atoms with van der Waals surface area (Å²) in [6.45, 7) is 0. The summed E-state index contributed by atoms with van der Waals surface area (Å²) in [5.41, 5.74) is -1.44. The third-order valence-corrected chi connectivity index (χ3v) is 4.14. The Morgan fingerprint density at radius 1 is 1.08 bits per heavy atom. The number of carbonyl (C=O) groups excluding carboxylic acids is 2. The van der Waals surface area contributed by atoms with Gasteiger partial charge in [-0.25, -0.2) is 9.69 Å². The topological polar surface area (TPSA) is 64.4 Å². The van der Waals surface area contributed by atoms with Crippen LogP contribution in [-0.4, -0.2) is 23.9 Å². The van der Waals surface area contributed by atoms with Crippen molar-refractivity contribution >= 4 is 17.6 Å². The molecule has 26 heavy (non-hydrogen) atoms. The molecular formula is C18H12F3N3O2. The highest BCUT2D eigenvalue weighted by Crippen LogP contribution is 2.37. The summed E-state index contributed by atoms with van der Waals surface area (Å²) < 4.78 is 39.5. The number of nitrogens with zero attached hydrogens (tertiary/aromatic N) is 3. The van der Waals surface area contributed by atoms with E-state index in [1.807, 2.05) is 0 Å². The van der Waals surface area contributed by atoms with Crippen molar-refractivity contribution in [2.24, 2.45) is 0 Å². The Balaban J connectivity index is 2.06. The number of hydrogen-bond donors (Lipinski definition) is 0. The van der Waals surface area contributed by atoms with Gasteiger partial charge in [-0.15, -0.1) is 0 Å². The smallest absolute Gasteiger partial charge is 0.311 e. The fourth-order valence-electron chi connectivity index (χ4n) is 2.89. The number of amides is 3. The molecule has 1 fully saturated rings. The van der Waals surface area contributed by atoms with Gasteiger partial charge in [0.1, 0.15) is 6.04 Å². The summed E-state index contributed by atoms with van der Waals surface area (Å²) in [5, 5.41) is 8.87. The first-order valence-corrected chi connectivity index (χ1v) is 7.52. The lowest BCUT2D eigenvalue weighted by molar-refractivity contribution is -0.137. The van der Waals surface area contributed by atoms with Crippen LogP contribution in [0.1, 0.15) is 22.7 Å². The summed E-state index contributed by atoms with van der Waals surface area (Å²) in [4.78, 5) is 27.1. The van der Waals surface area contributed by atoms with E-state index in [1.54, 1.807) is 30.3 Å². The Kier molecular flexibility index (Phi) is 4.16. The van der Waals surface area contributed by atoms with Gasteiger partial charge in [-0.05, 0) is 23.8 Å². The first-order chi connectivity index (χ1) is 12.3. The fourth-order valence-corrected chi connectivity index (χ4v) is 2.89. The molecule has 1 aliphatic rings. The molecule has 0 bridgehead atoms. The highest BCUT2D eigenvalue weighted by atomic mass is 19.4. The Bertz CT molecular complexity index is 920. The number of carbonyl (C=O) groups is 2. The van der Waals surface area contributed by atoms with E-state index < -0.39 is 35.3 Å². The third kappa shape index (κ3) is 2.77. The molecular weight excluding hydrogens is 347 g/mol. The Labute approximate surface area is 146 Å². The quantitative estimate of drug-likeness (QED) is 0.768. The molecule has 2 aromatic carbocycles. The van der Waals surface area contributed by atoms with Gasteiger partial charge in [0.25, 0.3) is 5.91 Å². The molecule has 0 unspecified atom stereocenters. The number of alkyl halides is 3. The van der Waals surface area contributed by atoms with Gasteiger partial charge < -0.3 is 4.90 Å². The second-order valence-electron chi connectivity index (χ2n) is 5.72. The maximum atomic E-state index is 13.2. The zero-order chi connectivity index (χ0) is 19.1. The average Bonchev–Trinajstić information content (AvgIpc) is 2.83. The molecule has 3 amide bonds. The van der Waals surface area contributed by atoms with Gasteiger partial charge in [-0.2, -0.15) is 18.4 Å². The predicted molar refractivity (Wildman–Crippen MR) is 86.0 cm³/mol. The van der Waals surface area contributed by atoms with Crippen molar-refractivity contribution in [1.82, 2.24) is 4.90 Å². The second-order valence-corrected chi connectivity index (χ2v) is 5.72. The average molecular weight is 359 g/mol. The van der Waals surface area contributed by atoms with Crippen molar-refractivity contribution < 1.29 is 22.8 Å². The van der Waals surface area contributed by atoms with Crippen LogP contribution in [0, 0.1) is 11.3 Å². The molecule has 2 aromatic rings. The molecule has 8 heteroatoms. The van der Waals surface area contributed by atoms with Gasteiger partial charge in [0.05, 0.1) is 22.9 Å². The molecule has 1 saturated heterocycles. The molecule has 0 aliphatic carbocycles. The zero-order valence-corrected chi connectivity index (χ0v) is 13.5. The van der Waals surface area contributed by atoms with Crippen molar-refractivity contribution in [1.29, 1.82) is 5.26 Å². The minimum absolute atomic E-state index is 0.225. The lowest BCUT2D eigenvalue weighted by Crippen LogP contribution is -2.31. The van der Waals surface area contributed by atoms with Crippen LogP contribution in [0.2, 0.25) is 0 Å². The maximum Gasteiger partial charge on any atom is 0.417 e. The number of nitriles is 1. The van der Waals surface area contributed by atoms with E-state index in [9.17, 15) is 22.8 Å². The first-order valence-electron chi connectivity index (χ1n) is 7.52. The molecule has 0 saturated carbocycles. The SMILES string of the molecule is CN1C(=O)N(c2ccc(C#N)c(C(F)(F)F)c2)C(=O)[C@H]1c1ccccc1. The minimum atomic E-state index is -4.78. The molecule has 1 atom stereocenters. The molecule has 0 spiro atoms. The van der Waals surface area contributed by atoms with Crippen molar-refractivity contribution in [3.63, 3.8) is 0 Å². The summed E-state index contributed by atoms with van der Waals surface area (Å²) in [6, 6.07) is 11.0. The molecule has 3 rings (SSSR count). The monoisotopic (exact) mass is 359 g/mol. The highest BCUT2D eigenvalue weighted by Gasteiger charge is 2.45. The third-order valence-electron chi connectivity index (χ3n) is 4.14. The van der Waals surface area contributed by atoms with Crippen molar-refractivity contribution in [3.8, 4) is 6.07 Å². The lowest BCUT2D eigenvalue weighted by atomic mass is 10.0.